The van der Waals surface area contributed by atoms with Gasteiger partial charge in [-0.2, -0.15) is 9.29 Å². The van der Waals surface area contributed by atoms with Crippen molar-refractivity contribution in [3.63, 3.8) is 0 Å². The lowest BCUT2D eigenvalue weighted by molar-refractivity contribution is 0.247. The van der Waals surface area contributed by atoms with Crippen LogP contribution in [0.1, 0.15) is 69.2 Å². The molecule has 0 fully saturated rings. The minimum absolute atomic E-state index is 0.227. The molecule has 0 amide bonds. The van der Waals surface area contributed by atoms with Crippen molar-refractivity contribution in [1.82, 2.24) is 29.0 Å². The number of hydrogen-bond donors (Lipinski definition) is 0. The van der Waals surface area contributed by atoms with E-state index in [9.17, 15) is 8.42 Å². The lowest BCUT2D eigenvalue weighted by Crippen LogP contribution is -2.32. The number of pyridine rings is 1. The van der Waals surface area contributed by atoms with Crippen molar-refractivity contribution in [3.05, 3.63) is 65.8 Å². The Hall–Kier alpha value is -3.11. The summed E-state index contributed by atoms with van der Waals surface area (Å²) in [4.78, 5) is 13.4. The van der Waals surface area contributed by atoms with Gasteiger partial charge in [-0.3, -0.25) is 4.98 Å². The summed E-state index contributed by atoms with van der Waals surface area (Å²) in [6.07, 6.45) is 6.76. The molecule has 0 aliphatic carbocycles. The van der Waals surface area contributed by atoms with Crippen molar-refractivity contribution in [1.29, 1.82) is 0 Å². The number of rotatable bonds is 11. The first-order valence-electron chi connectivity index (χ1n) is 12.4. The summed E-state index contributed by atoms with van der Waals surface area (Å²) in [5.41, 5.74) is 2.81. The second-order valence-electron chi connectivity index (χ2n) is 9.57. The fraction of sp³-hybridized carbons (Fsp3) is 0.462. The summed E-state index contributed by atoms with van der Waals surface area (Å²) in [5, 5.41) is 4.08. The summed E-state index contributed by atoms with van der Waals surface area (Å²) in [5.74, 6) is 2.08. The van der Waals surface area contributed by atoms with Crippen LogP contribution in [-0.4, -0.2) is 44.4 Å². The molecule has 9 nitrogen and oxygen atoms in total. The van der Waals surface area contributed by atoms with Gasteiger partial charge in [0.25, 0.3) is 0 Å². The van der Waals surface area contributed by atoms with E-state index in [1.807, 2.05) is 25.1 Å². The molecule has 0 saturated carbocycles. The smallest absolute Gasteiger partial charge is 0.245 e. The molecule has 1 aromatic carbocycles. The van der Waals surface area contributed by atoms with Gasteiger partial charge in [0.1, 0.15) is 17.4 Å². The molecular formula is C26H34N6O3S. The Labute approximate surface area is 212 Å². The van der Waals surface area contributed by atoms with E-state index in [1.54, 1.807) is 31.6 Å². The molecule has 10 heteroatoms. The number of sulfonamides is 1. The highest BCUT2D eigenvalue weighted by Crippen LogP contribution is 2.31. The van der Waals surface area contributed by atoms with Crippen LogP contribution in [0, 0.1) is 12.8 Å². The van der Waals surface area contributed by atoms with Crippen molar-refractivity contribution in [3.8, 4) is 0 Å². The quantitative estimate of drug-likeness (QED) is 0.282. The van der Waals surface area contributed by atoms with Gasteiger partial charge in [0.2, 0.25) is 15.9 Å². The normalized spacial score (nSPS) is 13.2. The molecule has 3 aromatic heterocycles. The molecule has 0 saturated heterocycles. The van der Waals surface area contributed by atoms with Crippen LogP contribution in [0.5, 0.6) is 0 Å². The highest BCUT2D eigenvalue weighted by molar-refractivity contribution is 7.89. The van der Waals surface area contributed by atoms with Gasteiger partial charge in [0.05, 0.1) is 16.6 Å². The van der Waals surface area contributed by atoms with Gasteiger partial charge in [-0.25, -0.2) is 13.4 Å². The summed E-state index contributed by atoms with van der Waals surface area (Å²) >= 11 is 0. The molecule has 0 spiro atoms. The van der Waals surface area contributed by atoms with Gasteiger partial charge in [-0.1, -0.05) is 44.5 Å². The number of aryl methyl sites for hydroxylation is 2. The van der Waals surface area contributed by atoms with Gasteiger partial charge in [-0.05, 0) is 49.4 Å². The first kappa shape index (κ1) is 26.0. The van der Waals surface area contributed by atoms with Crippen molar-refractivity contribution in [2.45, 2.75) is 70.9 Å². The average molecular weight is 511 g/mol. The van der Waals surface area contributed by atoms with Gasteiger partial charge in [-0.15, -0.1) is 0 Å². The lowest BCUT2D eigenvalue weighted by atomic mass is 10.0. The zero-order valence-electron chi connectivity index (χ0n) is 21.5. The molecule has 1 atom stereocenters. The Kier molecular flexibility index (Phi) is 7.85. The van der Waals surface area contributed by atoms with E-state index in [0.29, 0.717) is 31.1 Å². The SMILES string of the molecule is CCCCc1noc(C(CC(C)C)N(C)S(=O)(=O)c2ccc(Cn3c(C)nc4cnccc43)cc2)n1. The van der Waals surface area contributed by atoms with Gasteiger partial charge in [0, 0.05) is 26.2 Å². The predicted molar refractivity (Wildman–Crippen MR) is 138 cm³/mol. The second-order valence-corrected chi connectivity index (χ2v) is 11.6. The molecule has 3 heterocycles. The maximum absolute atomic E-state index is 13.6. The second kappa shape index (κ2) is 10.9. The number of fused-ring (bicyclic) bond motifs is 1. The number of imidazole rings is 1. The summed E-state index contributed by atoms with van der Waals surface area (Å²) in [6, 6.07) is 8.41. The molecule has 1 unspecified atom stereocenters. The number of aromatic nitrogens is 5. The highest BCUT2D eigenvalue weighted by Gasteiger charge is 2.33. The van der Waals surface area contributed by atoms with E-state index >= 15 is 0 Å². The summed E-state index contributed by atoms with van der Waals surface area (Å²) in [6.45, 7) is 8.74. The zero-order valence-corrected chi connectivity index (χ0v) is 22.4. The van der Waals surface area contributed by atoms with Gasteiger partial charge >= 0.3 is 0 Å². The van der Waals surface area contributed by atoms with Crippen LogP contribution in [0.4, 0.5) is 0 Å². The fourth-order valence-corrected chi connectivity index (χ4v) is 5.60. The number of benzene rings is 1. The molecule has 0 aliphatic rings. The maximum Gasteiger partial charge on any atom is 0.245 e. The van der Waals surface area contributed by atoms with Crippen LogP contribution in [0.25, 0.3) is 11.0 Å². The van der Waals surface area contributed by atoms with Crippen molar-refractivity contribution >= 4 is 21.1 Å². The van der Waals surface area contributed by atoms with Crippen LogP contribution in [0.2, 0.25) is 0 Å². The molecule has 0 aliphatic heterocycles. The van der Waals surface area contributed by atoms with E-state index in [4.69, 9.17) is 4.52 Å². The van der Waals surface area contributed by atoms with Crippen LogP contribution in [-0.2, 0) is 23.0 Å². The van der Waals surface area contributed by atoms with E-state index < -0.39 is 16.1 Å². The number of nitrogens with zero attached hydrogens (tertiary/aromatic N) is 6. The molecule has 36 heavy (non-hydrogen) atoms. The Bertz CT molecular complexity index is 1410. The number of unbranched alkanes of at least 4 members (excludes halogenated alkanes) is 1. The standard InChI is InChI=1S/C26H34N6O3S/c1-6-7-8-25-29-26(35-30-25)24(15-18(2)3)31(5)36(33,34)21-11-9-20(10-12-21)17-32-19(4)28-22-16-27-14-13-23(22)32/h9-14,16,18,24H,6-8,15,17H2,1-5H3. The summed E-state index contributed by atoms with van der Waals surface area (Å²) < 4.78 is 36.1. The minimum atomic E-state index is -3.78. The Morgan fingerprint density at radius 2 is 1.86 bits per heavy atom. The van der Waals surface area contributed by atoms with Crippen LogP contribution in [0.3, 0.4) is 0 Å². The Morgan fingerprint density at radius 1 is 1.11 bits per heavy atom. The van der Waals surface area contributed by atoms with Crippen molar-refractivity contribution in [2.75, 3.05) is 7.05 Å². The minimum Gasteiger partial charge on any atom is -0.338 e. The Balaban J connectivity index is 1.56. The molecular weight excluding hydrogens is 476 g/mol. The zero-order chi connectivity index (χ0) is 25.9. The summed E-state index contributed by atoms with van der Waals surface area (Å²) in [7, 11) is -2.20. The predicted octanol–water partition coefficient (Wildman–Crippen LogP) is 4.92. The van der Waals surface area contributed by atoms with E-state index in [1.165, 1.54) is 4.31 Å². The largest absolute Gasteiger partial charge is 0.338 e. The molecule has 4 rings (SSSR count). The molecule has 0 N–H and O–H groups in total. The van der Waals surface area contributed by atoms with Gasteiger partial charge < -0.3 is 9.09 Å². The molecule has 192 valence electrons. The van der Waals surface area contributed by atoms with Crippen LogP contribution < -0.4 is 0 Å². The Morgan fingerprint density at radius 3 is 2.56 bits per heavy atom. The fourth-order valence-electron chi connectivity index (χ4n) is 4.28. The average Bonchev–Trinajstić information content (AvgIpc) is 3.45. The monoisotopic (exact) mass is 510 g/mol. The third kappa shape index (κ3) is 5.49. The lowest BCUT2D eigenvalue weighted by Gasteiger charge is -2.26. The van der Waals surface area contributed by atoms with Gasteiger partial charge in [0.15, 0.2) is 5.82 Å². The van der Waals surface area contributed by atoms with E-state index in [0.717, 1.165) is 35.3 Å². The maximum atomic E-state index is 13.6. The topological polar surface area (TPSA) is 107 Å². The molecule has 0 radical (unpaired) electrons. The number of hydrogen-bond acceptors (Lipinski definition) is 7. The van der Waals surface area contributed by atoms with E-state index in [2.05, 4.69) is 45.4 Å². The van der Waals surface area contributed by atoms with Crippen LogP contribution in [0.15, 0.2) is 52.1 Å². The first-order chi connectivity index (χ1) is 17.2. The third-order valence-electron chi connectivity index (χ3n) is 6.34. The molecule has 0 bridgehead atoms. The molecule has 4 aromatic rings. The van der Waals surface area contributed by atoms with Crippen molar-refractivity contribution < 1.29 is 12.9 Å². The van der Waals surface area contributed by atoms with Crippen LogP contribution >= 0.6 is 0 Å². The third-order valence-corrected chi connectivity index (χ3v) is 8.22. The van der Waals surface area contributed by atoms with E-state index in [-0.39, 0.29) is 10.8 Å². The van der Waals surface area contributed by atoms with Crippen molar-refractivity contribution in [2.24, 2.45) is 5.92 Å². The first-order valence-corrected chi connectivity index (χ1v) is 13.8. The highest BCUT2D eigenvalue weighted by atomic mass is 32.2.